The van der Waals surface area contributed by atoms with Gasteiger partial charge in [-0.1, -0.05) is 19.9 Å². The van der Waals surface area contributed by atoms with Gasteiger partial charge in [0.05, 0.1) is 7.11 Å². The maximum atomic E-state index is 11.5. The van der Waals surface area contributed by atoms with E-state index < -0.39 is 0 Å². The number of carbonyl (C=O) groups excluding carboxylic acids is 1. The van der Waals surface area contributed by atoms with Crippen molar-refractivity contribution < 1.29 is 9.53 Å². The van der Waals surface area contributed by atoms with E-state index in [1.807, 2.05) is 33.8 Å². The molecule has 0 fully saturated rings. The lowest BCUT2D eigenvalue weighted by molar-refractivity contribution is -0.124. The largest absolute Gasteiger partial charge is 0.496 e. The number of rotatable bonds is 4. The summed E-state index contributed by atoms with van der Waals surface area (Å²) in [6, 6.07) is 4.09. The lowest BCUT2D eigenvalue weighted by Gasteiger charge is -2.14. The molecule has 0 aliphatic heterocycles. The predicted octanol–water partition coefficient (Wildman–Crippen LogP) is 2.58. The molecule has 1 N–H and O–H groups in total. The molecule has 1 amide bonds. The van der Waals surface area contributed by atoms with Gasteiger partial charge in [-0.05, 0) is 31.0 Å². The minimum Gasteiger partial charge on any atom is -0.496 e. The third-order valence-electron chi connectivity index (χ3n) is 2.76. The number of hydrogen-bond acceptors (Lipinski definition) is 2. The summed E-state index contributed by atoms with van der Waals surface area (Å²) in [4.78, 5) is 11.5. The molecule has 0 atom stereocenters. The van der Waals surface area contributed by atoms with Crippen LogP contribution in [0.3, 0.4) is 0 Å². The fraction of sp³-hybridized carbons (Fsp3) is 0.500. The van der Waals surface area contributed by atoms with E-state index in [1.165, 1.54) is 5.56 Å². The van der Waals surface area contributed by atoms with Gasteiger partial charge in [-0.25, -0.2) is 0 Å². The van der Waals surface area contributed by atoms with Crippen molar-refractivity contribution in [1.29, 1.82) is 0 Å². The van der Waals surface area contributed by atoms with Gasteiger partial charge in [0.25, 0.3) is 0 Å². The Labute approximate surface area is 103 Å². The zero-order chi connectivity index (χ0) is 13.0. The van der Waals surface area contributed by atoms with E-state index in [1.54, 1.807) is 7.11 Å². The van der Waals surface area contributed by atoms with Crippen molar-refractivity contribution in [3.05, 3.63) is 28.8 Å². The molecule has 0 heterocycles. The highest BCUT2D eigenvalue weighted by molar-refractivity contribution is 5.77. The van der Waals surface area contributed by atoms with Gasteiger partial charge in [0.15, 0.2) is 0 Å². The average Bonchev–Trinajstić information content (AvgIpc) is 2.26. The van der Waals surface area contributed by atoms with Crippen LogP contribution in [-0.2, 0) is 11.3 Å². The fourth-order valence-corrected chi connectivity index (χ4v) is 1.75. The molecule has 0 saturated carbocycles. The van der Waals surface area contributed by atoms with Crippen molar-refractivity contribution in [2.75, 3.05) is 7.11 Å². The number of amides is 1. The number of carbonyl (C=O) groups is 1. The Morgan fingerprint density at radius 1 is 1.35 bits per heavy atom. The van der Waals surface area contributed by atoms with Gasteiger partial charge in [-0.15, -0.1) is 0 Å². The molecule has 0 spiro atoms. The second-order valence-electron chi connectivity index (χ2n) is 4.64. The molecule has 1 aromatic rings. The summed E-state index contributed by atoms with van der Waals surface area (Å²) in [5.74, 6) is 0.908. The van der Waals surface area contributed by atoms with Crippen molar-refractivity contribution in [2.45, 2.75) is 34.2 Å². The minimum atomic E-state index is 0.00625. The summed E-state index contributed by atoms with van der Waals surface area (Å²) in [5, 5.41) is 2.91. The zero-order valence-electron chi connectivity index (χ0n) is 11.3. The summed E-state index contributed by atoms with van der Waals surface area (Å²) in [6.07, 6.45) is 0. The van der Waals surface area contributed by atoms with Crippen LogP contribution in [0.4, 0.5) is 0 Å². The van der Waals surface area contributed by atoms with Crippen LogP contribution in [0.5, 0.6) is 5.75 Å². The third kappa shape index (κ3) is 3.48. The van der Waals surface area contributed by atoms with E-state index in [9.17, 15) is 4.79 Å². The van der Waals surface area contributed by atoms with Gasteiger partial charge in [0.1, 0.15) is 5.75 Å². The van der Waals surface area contributed by atoms with Crippen molar-refractivity contribution in [2.24, 2.45) is 5.92 Å². The monoisotopic (exact) mass is 235 g/mol. The number of hydrogen-bond donors (Lipinski definition) is 1. The van der Waals surface area contributed by atoms with Gasteiger partial charge in [-0.3, -0.25) is 4.79 Å². The molecule has 1 aromatic carbocycles. The number of nitrogens with one attached hydrogen (secondary N) is 1. The first-order valence-electron chi connectivity index (χ1n) is 5.87. The minimum absolute atomic E-state index is 0.00625. The first-order valence-corrected chi connectivity index (χ1v) is 5.87. The highest BCUT2D eigenvalue weighted by Gasteiger charge is 2.11. The normalized spacial score (nSPS) is 10.5. The highest BCUT2D eigenvalue weighted by atomic mass is 16.5. The Hall–Kier alpha value is -1.51. The van der Waals surface area contributed by atoms with Gasteiger partial charge in [-0.2, -0.15) is 0 Å². The number of ether oxygens (including phenoxy) is 1. The van der Waals surface area contributed by atoms with E-state index in [0.717, 1.165) is 16.9 Å². The first kappa shape index (κ1) is 13.6. The highest BCUT2D eigenvalue weighted by Crippen LogP contribution is 2.23. The second kappa shape index (κ2) is 5.71. The van der Waals surface area contributed by atoms with Crippen LogP contribution in [0.15, 0.2) is 12.1 Å². The Bertz CT molecular complexity index is 411. The van der Waals surface area contributed by atoms with Gasteiger partial charge in [0, 0.05) is 18.0 Å². The molecule has 0 saturated heterocycles. The standard InChI is InChI=1S/C14H21NO2/c1-9(2)14(16)15-8-12-11(4)6-10(3)7-13(12)17-5/h6-7,9H,8H2,1-5H3,(H,15,16). The molecule has 0 aliphatic carbocycles. The molecule has 17 heavy (non-hydrogen) atoms. The van der Waals surface area contributed by atoms with E-state index >= 15 is 0 Å². The van der Waals surface area contributed by atoms with Crippen LogP contribution < -0.4 is 10.1 Å². The Balaban J connectivity index is 2.87. The molecule has 3 heteroatoms. The SMILES string of the molecule is COc1cc(C)cc(C)c1CNC(=O)C(C)C. The topological polar surface area (TPSA) is 38.3 Å². The van der Waals surface area contributed by atoms with Crippen LogP contribution in [0.25, 0.3) is 0 Å². The first-order chi connectivity index (χ1) is 7.95. The molecule has 94 valence electrons. The second-order valence-corrected chi connectivity index (χ2v) is 4.64. The summed E-state index contributed by atoms with van der Waals surface area (Å²) in [6.45, 7) is 8.35. The molecule has 0 aliphatic rings. The zero-order valence-corrected chi connectivity index (χ0v) is 11.3. The maximum Gasteiger partial charge on any atom is 0.222 e. The number of benzene rings is 1. The fourth-order valence-electron chi connectivity index (χ4n) is 1.75. The number of methoxy groups -OCH3 is 1. The Kier molecular flexibility index (Phi) is 4.55. The van der Waals surface area contributed by atoms with E-state index in [2.05, 4.69) is 11.4 Å². The van der Waals surface area contributed by atoms with Crippen molar-refractivity contribution in [3.63, 3.8) is 0 Å². The maximum absolute atomic E-state index is 11.5. The molecule has 0 radical (unpaired) electrons. The van der Waals surface area contributed by atoms with Crippen molar-refractivity contribution in [1.82, 2.24) is 5.32 Å². The molecular formula is C14H21NO2. The molecule has 1 rings (SSSR count). The van der Waals surface area contributed by atoms with E-state index in [-0.39, 0.29) is 11.8 Å². The summed E-state index contributed by atoms with van der Waals surface area (Å²) >= 11 is 0. The summed E-state index contributed by atoms with van der Waals surface area (Å²) in [7, 11) is 1.65. The van der Waals surface area contributed by atoms with Crippen LogP contribution in [0, 0.1) is 19.8 Å². The Morgan fingerprint density at radius 2 is 2.00 bits per heavy atom. The van der Waals surface area contributed by atoms with Crippen LogP contribution in [-0.4, -0.2) is 13.0 Å². The molecular weight excluding hydrogens is 214 g/mol. The van der Waals surface area contributed by atoms with Gasteiger partial charge in [0.2, 0.25) is 5.91 Å². The molecule has 0 unspecified atom stereocenters. The molecule has 0 aromatic heterocycles. The van der Waals surface area contributed by atoms with Crippen molar-refractivity contribution >= 4 is 5.91 Å². The van der Waals surface area contributed by atoms with E-state index in [0.29, 0.717) is 6.54 Å². The lowest BCUT2D eigenvalue weighted by atomic mass is 10.0. The van der Waals surface area contributed by atoms with Crippen molar-refractivity contribution in [3.8, 4) is 5.75 Å². The summed E-state index contributed by atoms with van der Waals surface area (Å²) < 4.78 is 5.35. The van der Waals surface area contributed by atoms with Gasteiger partial charge >= 0.3 is 0 Å². The quantitative estimate of drug-likeness (QED) is 0.871. The predicted molar refractivity (Wildman–Crippen MR) is 69.2 cm³/mol. The molecule has 0 bridgehead atoms. The Morgan fingerprint density at radius 3 is 2.53 bits per heavy atom. The lowest BCUT2D eigenvalue weighted by Crippen LogP contribution is -2.27. The average molecular weight is 235 g/mol. The smallest absolute Gasteiger partial charge is 0.222 e. The van der Waals surface area contributed by atoms with Crippen LogP contribution in [0.2, 0.25) is 0 Å². The van der Waals surface area contributed by atoms with Gasteiger partial charge < -0.3 is 10.1 Å². The van der Waals surface area contributed by atoms with Crippen LogP contribution >= 0.6 is 0 Å². The molecule has 3 nitrogen and oxygen atoms in total. The van der Waals surface area contributed by atoms with Crippen LogP contribution in [0.1, 0.15) is 30.5 Å². The van der Waals surface area contributed by atoms with E-state index in [4.69, 9.17) is 4.74 Å². The number of aryl methyl sites for hydroxylation is 2. The summed E-state index contributed by atoms with van der Waals surface area (Å²) in [5.41, 5.74) is 3.36. The third-order valence-corrected chi connectivity index (χ3v) is 2.76.